The van der Waals surface area contributed by atoms with Crippen LogP contribution in [0.4, 0.5) is 0 Å². The smallest absolute Gasteiger partial charge is 0.0599 e. The summed E-state index contributed by atoms with van der Waals surface area (Å²) in [5, 5.41) is 9.60. The first kappa shape index (κ1) is 12.0. The first-order chi connectivity index (χ1) is 5.99. The van der Waals surface area contributed by atoms with Crippen LogP contribution in [-0.2, 0) is 0 Å². The summed E-state index contributed by atoms with van der Waals surface area (Å²) in [4.78, 5) is 0. The average molecular weight is 181 g/mol. The standard InChI is InChI=1S/C10H19N3/c1-6-13(7-2)12-11-9-8-10(3,4)5/h6-7H2,1-5H3/b12-11-. The Morgan fingerprint density at radius 1 is 1.15 bits per heavy atom. The van der Waals surface area contributed by atoms with Gasteiger partial charge in [-0.25, -0.2) is 0 Å². The number of nitrogens with zero attached hydrogens (tertiary/aromatic N) is 3. The van der Waals surface area contributed by atoms with Crippen LogP contribution in [-0.4, -0.2) is 18.1 Å². The highest BCUT2D eigenvalue weighted by Crippen LogP contribution is 2.09. The van der Waals surface area contributed by atoms with Gasteiger partial charge in [0.15, 0.2) is 0 Å². The van der Waals surface area contributed by atoms with Crippen molar-refractivity contribution in [1.82, 2.24) is 5.01 Å². The second-order valence-corrected chi connectivity index (χ2v) is 3.82. The maximum Gasteiger partial charge on any atom is 0.0599 e. The van der Waals surface area contributed by atoms with Crippen molar-refractivity contribution in [1.29, 1.82) is 0 Å². The van der Waals surface area contributed by atoms with E-state index in [-0.39, 0.29) is 5.41 Å². The number of rotatable bonds is 3. The molecule has 0 amide bonds. The van der Waals surface area contributed by atoms with Crippen LogP contribution < -0.4 is 0 Å². The largest absolute Gasteiger partial charge is 0.278 e. The van der Waals surface area contributed by atoms with E-state index in [4.69, 9.17) is 0 Å². The van der Waals surface area contributed by atoms with Crippen LogP contribution in [0.1, 0.15) is 34.6 Å². The Kier molecular flexibility index (Phi) is 5.13. The van der Waals surface area contributed by atoms with E-state index in [2.05, 4.69) is 22.3 Å². The van der Waals surface area contributed by atoms with Crippen LogP contribution in [0.25, 0.3) is 0 Å². The zero-order valence-electron chi connectivity index (χ0n) is 9.26. The summed E-state index contributed by atoms with van der Waals surface area (Å²) in [6.07, 6.45) is 0. The zero-order valence-corrected chi connectivity index (χ0v) is 9.26. The predicted octanol–water partition coefficient (Wildman–Crippen LogP) is 2.70. The Hall–Kier alpha value is -1.04. The molecule has 0 aromatic carbocycles. The molecule has 0 unspecified atom stereocenters. The predicted molar refractivity (Wildman–Crippen MR) is 55.0 cm³/mol. The van der Waals surface area contributed by atoms with Gasteiger partial charge in [-0.05, 0) is 34.6 Å². The molecule has 0 rings (SSSR count). The third-order valence-corrected chi connectivity index (χ3v) is 1.38. The molecule has 13 heavy (non-hydrogen) atoms. The van der Waals surface area contributed by atoms with Crippen LogP contribution >= 0.6 is 0 Å². The average Bonchev–Trinajstić information content (AvgIpc) is 2.03. The molecule has 0 aliphatic rings. The summed E-state index contributed by atoms with van der Waals surface area (Å²) >= 11 is 0. The molecule has 0 saturated carbocycles. The molecule has 0 aliphatic heterocycles. The van der Waals surface area contributed by atoms with E-state index in [0.29, 0.717) is 0 Å². The second-order valence-electron chi connectivity index (χ2n) is 3.82. The summed E-state index contributed by atoms with van der Waals surface area (Å²) in [7, 11) is 0. The van der Waals surface area contributed by atoms with Gasteiger partial charge in [-0.3, -0.25) is 5.01 Å². The zero-order chi connectivity index (χ0) is 10.3. The molecule has 3 heteroatoms. The minimum Gasteiger partial charge on any atom is -0.278 e. The monoisotopic (exact) mass is 181 g/mol. The molecular weight excluding hydrogens is 162 g/mol. The van der Waals surface area contributed by atoms with Gasteiger partial charge in [-0.15, -0.1) is 0 Å². The van der Waals surface area contributed by atoms with Crippen molar-refractivity contribution >= 4 is 0 Å². The van der Waals surface area contributed by atoms with Crippen molar-refractivity contribution in [2.75, 3.05) is 13.1 Å². The topological polar surface area (TPSA) is 28.0 Å². The molecule has 0 saturated heterocycles. The Bertz CT molecular complexity index is 211. The van der Waals surface area contributed by atoms with Gasteiger partial charge in [0, 0.05) is 18.5 Å². The van der Waals surface area contributed by atoms with Gasteiger partial charge >= 0.3 is 0 Å². The Balaban J connectivity index is 4.04. The van der Waals surface area contributed by atoms with Crippen molar-refractivity contribution < 1.29 is 0 Å². The third kappa shape index (κ3) is 7.32. The van der Waals surface area contributed by atoms with E-state index >= 15 is 0 Å². The molecule has 0 heterocycles. The molecule has 3 nitrogen and oxygen atoms in total. The lowest BCUT2D eigenvalue weighted by atomic mass is 9.99. The number of hydrogen-bond donors (Lipinski definition) is 0. The summed E-state index contributed by atoms with van der Waals surface area (Å²) in [6, 6.07) is 2.69. The molecule has 0 fully saturated rings. The van der Waals surface area contributed by atoms with Crippen LogP contribution in [0, 0.1) is 17.4 Å². The minimum absolute atomic E-state index is 0.00226. The summed E-state index contributed by atoms with van der Waals surface area (Å²) in [5.74, 6) is 2.99. The molecule has 0 aromatic heterocycles. The Morgan fingerprint density at radius 3 is 2.08 bits per heavy atom. The first-order valence-corrected chi connectivity index (χ1v) is 4.67. The maximum absolute atomic E-state index is 3.95. The van der Waals surface area contributed by atoms with Gasteiger partial charge in [0.2, 0.25) is 0 Å². The quantitative estimate of drug-likeness (QED) is 0.374. The van der Waals surface area contributed by atoms with E-state index in [1.807, 2.05) is 39.6 Å². The molecule has 0 N–H and O–H groups in total. The lowest BCUT2D eigenvalue weighted by Gasteiger charge is -2.10. The van der Waals surface area contributed by atoms with Crippen molar-refractivity contribution in [3.63, 3.8) is 0 Å². The molecular formula is C10H19N3. The van der Waals surface area contributed by atoms with Gasteiger partial charge in [-0.2, -0.15) is 0 Å². The van der Waals surface area contributed by atoms with E-state index in [1.165, 1.54) is 0 Å². The molecule has 0 aromatic rings. The highest BCUT2D eigenvalue weighted by Gasteiger charge is 2.02. The fourth-order valence-corrected chi connectivity index (χ4v) is 0.628. The fraction of sp³-hybridized carbons (Fsp3) is 0.800. The maximum atomic E-state index is 3.95. The SMILES string of the molecule is CCN(CC)/N=N\C#CC(C)(C)C. The summed E-state index contributed by atoms with van der Waals surface area (Å²) in [6.45, 7) is 12.0. The van der Waals surface area contributed by atoms with Crippen molar-refractivity contribution in [2.45, 2.75) is 34.6 Å². The first-order valence-electron chi connectivity index (χ1n) is 4.67. The Labute approximate surface area is 81.2 Å². The van der Waals surface area contributed by atoms with E-state index < -0.39 is 0 Å². The highest BCUT2D eigenvalue weighted by molar-refractivity contribution is 5.05. The van der Waals surface area contributed by atoms with E-state index in [1.54, 1.807) is 0 Å². The molecule has 0 bridgehead atoms. The second kappa shape index (κ2) is 5.58. The third-order valence-electron chi connectivity index (χ3n) is 1.38. The fourth-order valence-electron chi connectivity index (χ4n) is 0.628. The van der Waals surface area contributed by atoms with Crippen molar-refractivity contribution in [3.8, 4) is 12.0 Å². The lowest BCUT2D eigenvalue weighted by molar-refractivity contribution is 0.301. The van der Waals surface area contributed by atoms with Gasteiger partial charge in [0.1, 0.15) is 0 Å². The Morgan fingerprint density at radius 2 is 1.69 bits per heavy atom. The molecule has 0 spiro atoms. The highest BCUT2D eigenvalue weighted by atomic mass is 15.5. The van der Waals surface area contributed by atoms with Crippen LogP contribution in [0.3, 0.4) is 0 Å². The molecule has 74 valence electrons. The van der Waals surface area contributed by atoms with Crippen molar-refractivity contribution in [2.24, 2.45) is 15.8 Å². The van der Waals surface area contributed by atoms with Gasteiger partial charge < -0.3 is 0 Å². The lowest BCUT2D eigenvalue weighted by Crippen LogP contribution is -2.14. The van der Waals surface area contributed by atoms with Gasteiger partial charge in [-0.1, -0.05) is 16.3 Å². The molecule has 0 aliphatic carbocycles. The normalized spacial score (nSPS) is 11.2. The van der Waals surface area contributed by atoms with Crippen LogP contribution in [0.5, 0.6) is 0 Å². The summed E-state index contributed by atoms with van der Waals surface area (Å²) in [5.41, 5.74) is 0.00226. The number of hydrogen-bond acceptors (Lipinski definition) is 2. The van der Waals surface area contributed by atoms with E-state index in [0.717, 1.165) is 13.1 Å². The van der Waals surface area contributed by atoms with Gasteiger partial charge in [0.05, 0.1) is 6.04 Å². The minimum atomic E-state index is 0.00226. The van der Waals surface area contributed by atoms with Crippen LogP contribution in [0.2, 0.25) is 0 Å². The van der Waals surface area contributed by atoms with Gasteiger partial charge in [0.25, 0.3) is 0 Å². The molecule has 0 radical (unpaired) electrons. The molecule has 0 atom stereocenters. The summed E-state index contributed by atoms with van der Waals surface area (Å²) < 4.78 is 0. The van der Waals surface area contributed by atoms with Crippen molar-refractivity contribution in [3.05, 3.63) is 0 Å². The van der Waals surface area contributed by atoms with E-state index in [9.17, 15) is 0 Å². The van der Waals surface area contributed by atoms with Crippen LogP contribution in [0.15, 0.2) is 10.3 Å².